The maximum absolute atomic E-state index is 13.2. The third-order valence-electron chi connectivity index (χ3n) is 9.42. The molecule has 0 radical (unpaired) electrons. The summed E-state index contributed by atoms with van der Waals surface area (Å²) in [4.78, 5) is 17.8. The zero-order valence-electron chi connectivity index (χ0n) is 19.7. The topological polar surface area (TPSA) is 66.2 Å². The molecule has 5 atom stereocenters. The summed E-state index contributed by atoms with van der Waals surface area (Å²) >= 11 is 0. The first-order valence-electron chi connectivity index (χ1n) is 12.8. The molecule has 3 unspecified atom stereocenters. The molecule has 3 aliphatic carbocycles. The first kappa shape index (κ1) is 20.6. The Labute approximate surface area is 200 Å². The summed E-state index contributed by atoms with van der Waals surface area (Å²) < 4.78 is 11.8. The Kier molecular flexibility index (Phi) is 4.48. The van der Waals surface area contributed by atoms with E-state index in [2.05, 4.69) is 4.90 Å². The van der Waals surface area contributed by atoms with Crippen molar-refractivity contribution in [2.24, 2.45) is 11.8 Å². The van der Waals surface area contributed by atoms with Gasteiger partial charge >= 0.3 is 0 Å². The second-order valence-corrected chi connectivity index (χ2v) is 11.1. The maximum atomic E-state index is 13.2. The number of likely N-dealkylation sites (tertiary alicyclic amines) is 1. The second kappa shape index (κ2) is 7.38. The number of carbonyl (C=O) groups is 1. The molecule has 7 rings (SSSR count). The number of nitrogens with zero attached hydrogens (tertiary/aromatic N) is 2. The molecule has 2 aromatic rings. The lowest BCUT2D eigenvalue weighted by molar-refractivity contribution is -0.135. The van der Waals surface area contributed by atoms with Crippen LogP contribution in [0.5, 0.6) is 11.5 Å². The molecule has 5 aliphatic rings. The Morgan fingerprint density at radius 3 is 2.94 bits per heavy atom. The Balaban J connectivity index is 1.24. The predicted molar refractivity (Wildman–Crippen MR) is 128 cm³/mol. The summed E-state index contributed by atoms with van der Waals surface area (Å²) in [6.07, 6.45) is 13.3. The largest absolute Gasteiger partial charge is 0.508 e. The zero-order chi connectivity index (χ0) is 23.0. The van der Waals surface area contributed by atoms with Crippen LogP contribution in [0, 0.1) is 11.8 Å². The fourth-order valence-electron chi connectivity index (χ4n) is 7.68. The number of rotatable bonds is 5. The minimum Gasteiger partial charge on any atom is -0.508 e. The molecule has 2 bridgehead atoms. The fourth-order valence-corrected chi connectivity index (χ4v) is 7.68. The van der Waals surface area contributed by atoms with Crippen molar-refractivity contribution in [1.29, 1.82) is 0 Å². The van der Waals surface area contributed by atoms with E-state index in [-0.39, 0.29) is 23.5 Å². The van der Waals surface area contributed by atoms with Gasteiger partial charge in [-0.15, -0.1) is 0 Å². The van der Waals surface area contributed by atoms with E-state index in [4.69, 9.17) is 9.15 Å². The van der Waals surface area contributed by atoms with Crippen LogP contribution in [0.2, 0.25) is 0 Å². The number of benzene rings is 1. The van der Waals surface area contributed by atoms with Gasteiger partial charge in [0, 0.05) is 47.8 Å². The van der Waals surface area contributed by atoms with E-state index in [0.717, 1.165) is 55.0 Å². The normalized spacial score (nSPS) is 33.6. The van der Waals surface area contributed by atoms with Crippen molar-refractivity contribution >= 4 is 12.0 Å². The minimum atomic E-state index is -0.113. The Bertz CT molecular complexity index is 1150. The third kappa shape index (κ3) is 2.87. The van der Waals surface area contributed by atoms with Crippen molar-refractivity contribution in [3.63, 3.8) is 0 Å². The number of hydrogen-bond donors (Lipinski definition) is 1. The number of ether oxygens (including phenoxy) is 1. The van der Waals surface area contributed by atoms with Crippen LogP contribution in [0.4, 0.5) is 0 Å². The monoisotopic (exact) mass is 460 g/mol. The standard InChI is InChI=1S/C28H32N2O4/c1-29(25(32)9-4-18-10-13-33-16-18)21-6-5-20-22-14-19-23(31)7-8-24-26(19)28(20,27(21)34-24)11-12-30(22)15-17-2-3-17/h4,7-10,13,16-17,20-22,27,31H,2-3,5-6,11-12,14-15H2,1H3/b9-4+/t20?,21-,22?,27?,28+/m1/s1. The number of carbonyl (C=O) groups excluding carboxylic acids is 1. The number of furan rings is 1. The quantitative estimate of drug-likeness (QED) is 0.684. The van der Waals surface area contributed by atoms with Crippen molar-refractivity contribution in [2.75, 3.05) is 20.1 Å². The summed E-state index contributed by atoms with van der Waals surface area (Å²) in [5, 5.41) is 10.9. The minimum absolute atomic E-state index is 0.00822. The van der Waals surface area contributed by atoms with Crippen LogP contribution in [0.3, 0.4) is 0 Å². The van der Waals surface area contributed by atoms with Crippen molar-refractivity contribution in [3.8, 4) is 11.5 Å². The van der Waals surface area contributed by atoms with Crippen LogP contribution >= 0.6 is 0 Å². The summed E-state index contributed by atoms with van der Waals surface area (Å²) in [7, 11) is 1.91. The molecule has 34 heavy (non-hydrogen) atoms. The highest BCUT2D eigenvalue weighted by Gasteiger charge is 2.66. The van der Waals surface area contributed by atoms with Crippen molar-refractivity contribution in [1.82, 2.24) is 9.80 Å². The number of hydrogen-bond acceptors (Lipinski definition) is 5. The molecular formula is C28H32N2O4. The van der Waals surface area contributed by atoms with E-state index in [9.17, 15) is 9.90 Å². The van der Waals surface area contributed by atoms with Gasteiger partial charge in [0.2, 0.25) is 5.91 Å². The van der Waals surface area contributed by atoms with Gasteiger partial charge in [-0.25, -0.2) is 0 Å². The van der Waals surface area contributed by atoms with Crippen LogP contribution in [0.15, 0.2) is 41.2 Å². The van der Waals surface area contributed by atoms with E-state index < -0.39 is 0 Å². The number of phenolic OH excluding ortho intramolecular Hbond substituents is 1. The lowest BCUT2D eigenvalue weighted by Gasteiger charge is -2.60. The highest BCUT2D eigenvalue weighted by atomic mass is 16.5. The first-order chi connectivity index (χ1) is 16.6. The smallest absolute Gasteiger partial charge is 0.246 e. The van der Waals surface area contributed by atoms with Crippen LogP contribution in [0.25, 0.3) is 6.08 Å². The molecule has 2 aliphatic heterocycles. The molecule has 1 aromatic heterocycles. The molecule has 1 aromatic carbocycles. The van der Waals surface area contributed by atoms with Crippen LogP contribution in [-0.4, -0.2) is 59.1 Å². The van der Waals surface area contributed by atoms with E-state index in [1.807, 2.05) is 24.1 Å². The highest BCUT2D eigenvalue weighted by molar-refractivity contribution is 5.91. The van der Waals surface area contributed by atoms with Gasteiger partial charge in [0.05, 0.1) is 18.6 Å². The number of piperidine rings is 1. The van der Waals surface area contributed by atoms with E-state index in [1.165, 1.54) is 24.9 Å². The Hall–Kier alpha value is -2.73. The maximum Gasteiger partial charge on any atom is 0.246 e. The van der Waals surface area contributed by atoms with E-state index >= 15 is 0 Å². The fraction of sp³-hybridized carbons (Fsp3) is 0.536. The van der Waals surface area contributed by atoms with Gasteiger partial charge in [-0.05, 0) is 81.2 Å². The van der Waals surface area contributed by atoms with Crippen molar-refractivity contribution < 1.29 is 19.1 Å². The Morgan fingerprint density at radius 2 is 2.15 bits per heavy atom. The van der Waals surface area contributed by atoms with Crippen LogP contribution < -0.4 is 4.74 Å². The lowest BCUT2D eigenvalue weighted by atomic mass is 9.51. The predicted octanol–water partition coefficient (Wildman–Crippen LogP) is 3.97. The summed E-state index contributed by atoms with van der Waals surface area (Å²) in [6, 6.07) is 6.06. The second-order valence-electron chi connectivity index (χ2n) is 11.1. The number of likely N-dealkylation sites (N-methyl/N-ethyl adjacent to an activating group) is 1. The number of aromatic hydroxyl groups is 1. The molecular weight excluding hydrogens is 428 g/mol. The van der Waals surface area contributed by atoms with E-state index in [1.54, 1.807) is 30.7 Å². The van der Waals surface area contributed by atoms with Crippen LogP contribution in [-0.2, 0) is 16.6 Å². The Morgan fingerprint density at radius 1 is 1.26 bits per heavy atom. The molecule has 1 spiro atoms. The molecule has 1 N–H and O–H groups in total. The van der Waals surface area contributed by atoms with Gasteiger partial charge in [-0.1, -0.05) is 0 Å². The molecule has 3 heterocycles. The summed E-state index contributed by atoms with van der Waals surface area (Å²) in [5.41, 5.74) is 3.12. The van der Waals surface area contributed by atoms with Gasteiger partial charge in [0.15, 0.2) is 0 Å². The molecule has 6 heteroatoms. The average molecular weight is 461 g/mol. The molecule has 2 saturated carbocycles. The molecule has 3 fully saturated rings. The molecule has 1 amide bonds. The van der Waals surface area contributed by atoms with Crippen LogP contribution in [0.1, 0.15) is 48.8 Å². The molecule has 178 valence electrons. The third-order valence-corrected chi connectivity index (χ3v) is 9.42. The molecule has 6 nitrogen and oxygen atoms in total. The lowest BCUT2D eigenvalue weighted by Crippen LogP contribution is -2.69. The van der Waals surface area contributed by atoms with Gasteiger partial charge in [-0.2, -0.15) is 0 Å². The number of amides is 1. The number of phenols is 1. The highest BCUT2D eigenvalue weighted by Crippen LogP contribution is 2.63. The molecule has 1 saturated heterocycles. The van der Waals surface area contributed by atoms with E-state index in [0.29, 0.717) is 17.7 Å². The van der Waals surface area contributed by atoms with Crippen molar-refractivity contribution in [3.05, 3.63) is 53.5 Å². The summed E-state index contributed by atoms with van der Waals surface area (Å²) in [5.74, 6) is 2.70. The van der Waals surface area contributed by atoms with Gasteiger partial charge in [0.1, 0.15) is 17.6 Å². The zero-order valence-corrected chi connectivity index (χ0v) is 19.7. The first-order valence-corrected chi connectivity index (χ1v) is 12.8. The van der Waals surface area contributed by atoms with Gasteiger partial charge in [-0.3, -0.25) is 9.69 Å². The van der Waals surface area contributed by atoms with Gasteiger partial charge < -0.3 is 19.2 Å². The summed E-state index contributed by atoms with van der Waals surface area (Å²) in [6.45, 7) is 2.27. The SMILES string of the molecule is CN(C(=O)/C=C/c1ccoc1)[C@@H]1CCC2C3Cc4c(O)ccc5c4[C@@]2(CCN3CC2CC2)C1O5. The van der Waals surface area contributed by atoms with Crippen molar-refractivity contribution in [2.45, 2.75) is 62.1 Å². The average Bonchev–Trinajstić information content (AvgIpc) is 3.38. The van der Waals surface area contributed by atoms with Gasteiger partial charge in [0.25, 0.3) is 0 Å².